The number of likely N-dealkylation sites (N-methyl/N-ethyl adjacent to an activating group) is 2. The lowest BCUT2D eigenvalue weighted by atomic mass is 10.0. The molecule has 3 rings (SSSR count). The maximum atomic E-state index is 12.5. The second-order valence-corrected chi connectivity index (χ2v) is 7.57. The first kappa shape index (κ1) is 22.0. The Labute approximate surface area is 181 Å². The van der Waals surface area contributed by atoms with Crippen molar-refractivity contribution in [2.24, 2.45) is 0 Å². The first-order valence-electron chi connectivity index (χ1n) is 9.74. The molecule has 8 nitrogen and oxygen atoms in total. The molecule has 0 aromatic heterocycles. The number of carbonyl (C=O) groups excluding carboxylic acids is 3. The molecular weight excluding hydrogens is 396 g/mol. The highest BCUT2D eigenvalue weighted by atomic mass is 16.5. The van der Waals surface area contributed by atoms with Crippen LogP contribution in [0.4, 0.5) is 17.1 Å². The summed E-state index contributed by atoms with van der Waals surface area (Å²) in [7, 11) is 6.75. The van der Waals surface area contributed by atoms with Gasteiger partial charge >= 0.3 is 5.97 Å². The third-order valence-corrected chi connectivity index (χ3v) is 4.97. The largest absolute Gasteiger partial charge is 0.465 e. The number of nitrogens with one attached hydrogen (secondary N) is 2. The maximum absolute atomic E-state index is 12.5. The highest BCUT2D eigenvalue weighted by Crippen LogP contribution is 2.35. The van der Waals surface area contributed by atoms with E-state index in [4.69, 9.17) is 4.74 Å². The van der Waals surface area contributed by atoms with Gasteiger partial charge in [-0.2, -0.15) is 0 Å². The molecule has 2 N–H and O–H groups in total. The van der Waals surface area contributed by atoms with Crippen LogP contribution in [-0.2, 0) is 14.3 Å². The van der Waals surface area contributed by atoms with Gasteiger partial charge in [-0.25, -0.2) is 4.79 Å². The molecular formula is C23H26N4O4. The van der Waals surface area contributed by atoms with Crippen molar-refractivity contribution < 1.29 is 19.1 Å². The summed E-state index contributed by atoms with van der Waals surface area (Å²) >= 11 is 0. The molecule has 0 saturated carbocycles. The number of amides is 2. The number of nitrogens with zero attached hydrogens (tertiary/aromatic N) is 2. The lowest BCUT2D eigenvalue weighted by molar-refractivity contribution is -0.119. The number of ether oxygens (including phenoxy) is 1. The average Bonchev–Trinajstić information content (AvgIpc) is 3.07. The maximum Gasteiger partial charge on any atom is 0.337 e. The van der Waals surface area contributed by atoms with Gasteiger partial charge in [0.15, 0.2) is 0 Å². The molecule has 1 heterocycles. The van der Waals surface area contributed by atoms with Crippen LogP contribution in [0, 0.1) is 0 Å². The highest BCUT2D eigenvalue weighted by Gasteiger charge is 2.27. The van der Waals surface area contributed by atoms with Crippen molar-refractivity contribution in [1.29, 1.82) is 0 Å². The van der Waals surface area contributed by atoms with E-state index in [9.17, 15) is 14.4 Å². The summed E-state index contributed by atoms with van der Waals surface area (Å²) in [4.78, 5) is 39.9. The molecule has 0 aliphatic carbocycles. The first-order valence-corrected chi connectivity index (χ1v) is 9.74. The monoisotopic (exact) mass is 422 g/mol. The number of benzene rings is 2. The Morgan fingerprint density at radius 2 is 1.74 bits per heavy atom. The second-order valence-electron chi connectivity index (χ2n) is 7.57. The van der Waals surface area contributed by atoms with Gasteiger partial charge in [0.05, 0.1) is 30.5 Å². The van der Waals surface area contributed by atoms with Crippen molar-refractivity contribution in [2.45, 2.75) is 6.92 Å². The Kier molecular flexibility index (Phi) is 6.41. The normalized spacial score (nSPS) is 14.1. The Bertz CT molecular complexity index is 1060. The molecule has 2 aromatic carbocycles. The van der Waals surface area contributed by atoms with E-state index in [1.165, 1.54) is 7.11 Å². The Hall–Kier alpha value is -3.65. The fourth-order valence-electron chi connectivity index (χ4n) is 3.36. The summed E-state index contributed by atoms with van der Waals surface area (Å²) in [5, 5.41) is 6.04. The van der Waals surface area contributed by atoms with Gasteiger partial charge in [0, 0.05) is 29.7 Å². The average molecular weight is 422 g/mol. The number of rotatable bonds is 6. The molecule has 1 aliphatic rings. The summed E-state index contributed by atoms with van der Waals surface area (Å²) in [6.07, 6.45) is 0. The summed E-state index contributed by atoms with van der Waals surface area (Å²) in [6.45, 7) is 2.15. The molecule has 0 unspecified atom stereocenters. The van der Waals surface area contributed by atoms with E-state index in [1.807, 2.05) is 50.2 Å². The molecule has 0 atom stereocenters. The Morgan fingerprint density at radius 3 is 2.35 bits per heavy atom. The molecule has 31 heavy (non-hydrogen) atoms. The zero-order valence-corrected chi connectivity index (χ0v) is 18.3. The first-order chi connectivity index (χ1) is 14.7. The standard InChI is InChI=1S/C23H26N4O4/c1-14(21-18-11-6-15(23(30)31-5)12-19(18)25-22(21)29)24-16-7-9-17(10-8-16)27(4)20(28)13-26(2)3/h6-12,24H,13H2,1-5H3,(H,25,29)/b21-14+. The number of esters is 1. The van der Waals surface area contributed by atoms with E-state index in [0.717, 1.165) is 11.4 Å². The van der Waals surface area contributed by atoms with Crippen LogP contribution in [0.25, 0.3) is 5.57 Å². The molecule has 0 bridgehead atoms. The van der Waals surface area contributed by atoms with Crippen LogP contribution in [0.5, 0.6) is 0 Å². The van der Waals surface area contributed by atoms with Gasteiger partial charge in [-0.1, -0.05) is 6.07 Å². The molecule has 0 saturated heterocycles. The number of fused-ring (bicyclic) bond motifs is 1. The zero-order chi connectivity index (χ0) is 22.7. The number of carbonyl (C=O) groups is 3. The van der Waals surface area contributed by atoms with Crippen LogP contribution >= 0.6 is 0 Å². The van der Waals surface area contributed by atoms with Crippen LogP contribution < -0.4 is 15.5 Å². The van der Waals surface area contributed by atoms with Gasteiger partial charge < -0.3 is 25.2 Å². The molecule has 2 amide bonds. The van der Waals surface area contributed by atoms with Crippen LogP contribution in [0.2, 0.25) is 0 Å². The lowest BCUT2D eigenvalue weighted by Crippen LogP contribution is -2.34. The summed E-state index contributed by atoms with van der Waals surface area (Å²) in [5.41, 5.74) is 4.41. The lowest BCUT2D eigenvalue weighted by Gasteiger charge is -2.20. The Balaban J connectivity index is 1.80. The minimum Gasteiger partial charge on any atom is -0.465 e. The van der Waals surface area contributed by atoms with Crippen molar-refractivity contribution in [3.63, 3.8) is 0 Å². The minimum absolute atomic E-state index is 0.00503. The van der Waals surface area contributed by atoms with E-state index in [2.05, 4.69) is 10.6 Å². The van der Waals surface area contributed by atoms with Gasteiger partial charge in [-0.3, -0.25) is 9.59 Å². The van der Waals surface area contributed by atoms with Crippen LogP contribution in [-0.4, -0.2) is 57.5 Å². The van der Waals surface area contributed by atoms with Gasteiger partial charge in [0.1, 0.15) is 0 Å². The fraction of sp³-hybridized carbons (Fsp3) is 0.261. The fourth-order valence-corrected chi connectivity index (χ4v) is 3.36. The van der Waals surface area contributed by atoms with E-state index in [-0.39, 0.29) is 11.8 Å². The van der Waals surface area contributed by atoms with Crippen LogP contribution in [0.3, 0.4) is 0 Å². The SMILES string of the molecule is COC(=O)c1ccc2c(c1)NC(=O)/C2=C(\C)Nc1ccc(N(C)C(=O)CN(C)C)cc1. The van der Waals surface area contributed by atoms with Gasteiger partial charge in [-0.15, -0.1) is 0 Å². The minimum atomic E-state index is -0.460. The highest BCUT2D eigenvalue weighted by molar-refractivity contribution is 6.32. The quantitative estimate of drug-likeness (QED) is 0.550. The van der Waals surface area contributed by atoms with Crippen molar-refractivity contribution in [3.05, 3.63) is 59.3 Å². The van der Waals surface area contributed by atoms with Gasteiger partial charge in [0.25, 0.3) is 5.91 Å². The van der Waals surface area contributed by atoms with E-state index >= 15 is 0 Å². The molecule has 0 spiro atoms. The third kappa shape index (κ3) is 4.75. The number of hydrogen-bond donors (Lipinski definition) is 2. The van der Waals surface area contributed by atoms with Crippen molar-refractivity contribution >= 4 is 40.4 Å². The Morgan fingerprint density at radius 1 is 1.06 bits per heavy atom. The number of allylic oxidation sites excluding steroid dienone is 1. The smallest absolute Gasteiger partial charge is 0.337 e. The number of methoxy groups -OCH3 is 1. The predicted octanol–water partition coefficient (Wildman–Crippen LogP) is 2.79. The van der Waals surface area contributed by atoms with Crippen molar-refractivity contribution in [1.82, 2.24) is 4.90 Å². The van der Waals surface area contributed by atoms with E-state index in [0.29, 0.717) is 34.6 Å². The molecule has 0 radical (unpaired) electrons. The zero-order valence-electron chi connectivity index (χ0n) is 18.3. The second kappa shape index (κ2) is 9.01. The molecule has 162 valence electrons. The summed E-state index contributed by atoms with van der Waals surface area (Å²) in [6, 6.07) is 12.4. The van der Waals surface area contributed by atoms with E-state index in [1.54, 1.807) is 30.1 Å². The predicted molar refractivity (Wildman–Crippen MR) is 121 cm³/mol. The summed E-state index contributed by atoms with van der Waals surface area (Å²) < 4.78 is 4.73. The van der Waals surface area contributed by atoms with Crippen LogP contribution in [0.1, 0.15) is 22.8 Å². The number of hydrogen-bond acceptors (Lipinski definition) is 6. The van der Waals surface area contributed by atoms with Crippen LogP contribution in [0.15, 0.2) is 48.2 Å². The molecule has 1 aliphatic heterocycles. The topological polar surface area (TPSA) is 91.0 Å². The van der Waals surface area contributed by atoms with E-state index < -0.39 is 5.97 Å². The third-order valence-electron chi connectivity index (χ3n) is 4.97. The molecule has 2 aromatic rings. The number of anilines is 3. The van der Waals surface area contributed by atoms with Crippen molar-refractivity contribution in [2.75, 3.05) is 50.3 Å². The van der Waals surface area contributed by atoms with Gasteiger partial charge in [0.2, 0.25) is 5.91 Å². The van der Waals surface area contributed by atoms with Crippen molar-refractivity contribution in [3.8, 4) is 0 Å². The van der Waals surface area contributed by atoms with Gasteiger partial charge in [-0.05, 0) is 57.4 Å². The molecule has 8 heteroatoms. The molecule has 0 fully saturated rings. The summed E-state index contributed by atoms with van der Waals surface area (Å²) in [5.74, 6) is -0.708.